The van der Waals surface area contributed by atoms with E-state index in [1.54, 1.807) is 19.2 Å². The quantitative estimate of drug-likeness (QED) is 0.801. The molecule has 3 rings (SSSR count). The highest BCUT2D eigenvalue weighted by atomic mass is 19.4. The van der Waals surface area contributed by atoms with Gasteiger partial charge < -0.3 is 5.32 Å². The molecular weight excluding hydrogens is 327 g/mol. The van der Waals surface area contributed by atoms with E-state index >= 15 is 0 Å². The van der Waals surface area contributed by atoms with Crippen LogP contribution in [0.5, 0.6) is 0 Å². The number of halogens is 3. The van der Waals surface area contributed by atoms with Gasteiger partial charge in [0.15, 0.2) is 0 Å². The average molecular weight is 341 g/mol. The van der Waals surface area contributed by atoms with Crippen LogP contribution in [0.15, 0.2) is 11.2 Å². The molecule has 1 aliphatic heterocycles. The predicted molar refractivity (Wildman–Crippen MR) is 78.4 cm³/mol. The van der Waals surface area contributed by atoms with Crippen LogP contribution in [-0.2, 0) is 11.0 Å². The van der Waals surface area contributed by atoms with Crippen molar-refractivity contribution in [1.29, 1.82) is 0 Å². The van der Waals surface area contributed by atoms with Crippen LogP contribution in [0, 0.1) is 12.8 Å². The molecule has 0 aromatic carbocycles. The summed E-state index contributed by atoms with van der Waals surface area (Å²) in [5.74, 6) is -1.41. The van der Waals surface area contributed by atoms with E-state index in [4.69, 9.17) is 0 Å². The minimum absolute atomic E-state index is 0.118. The van der Waals surface area contributed by atoms with Crippen molar-refractivity contribution in [2.75, 3.05) is 11.9 Å². The molecule has 0 saturated heterocycles. The number of fused-ring (bicyclic) bond motifs is 1. The van der Waals surface area contributed by atoms with Gasteiger partial charge in [0.1, 0.15) is 5.82 Å². The standard InChI is InChI=1S/C13H14F3N7O/c1-7-5-9(17-4-2-3-8-6-18-21-10(8)24)23-12(19-7)20-11(22-23)13(14,15)16/h5-6,8,17H,2-4H2,1H3,(H,21,24). The Hall–Kier alpha value is -2.72. The minimum Gasteiger partial charge on any atom is -0.370 e. The molecule has 1 unspecified atom stereocenters. The number of aryl methyl sites for hydroxylation is 1. The summed E-state index contributed by atoms with van der Waals surface area (Å²) in [6.45, 7) is 2.11. The highest BCUT2D eigenvalue weighted by Crippen LogP contribution is 2.27. The van der Waals surface area contributed by atoms with Gasteiger partial charge in [0.2, 0.25) is 5.91 Å². The summed E-state index contributed by atoms with van der Waals surface area (Å²) >= 11 is 0. The van der Waals surface area contributed by atoms with Crippen molar-refractivity contribution in [3.8, 4) is 0 Å². The fraction of sp³-hybridized carbons (Fsp3) is 0.462. The molecular formula is C13H14F3N7O. The van der Waals surface area contributed by atoms with Crippen molar-refractivity contribution in [1.82, 2.24) is 25.0 Å². The number of nitrogens with zero attached hydrogens (tertiary/aromatic N) is 5. The molecule has 0 aliphatic carbocycles. The van der Waals surface area contributed by atoms with Crippen LogP contribution in [0.3, 0.4) is 0 Å². The summed E-state index contributed by atoms with van der Waals surface area (Å²) in [7, 11) is 0. The Labute approximate surface area is 134 Å². The molecule has 0 spiro atoms. The Kier molecular flexibility index (Phi) is 4.08. The maximum Gasteiger partial charge on any atom is 0.453 e. The van der Waals surface area contributed by atoms with Gasteiger partial charge in [-0.25, -0.2) is 10.4 Å². The third-order valence-corrected chi connectivity index (χ3v) is 3.46. The van der Waals surface area contributed by atoms with Crippen LogP contribution >= 0.6 is 0 Å². The van der Waals surface area contributed by atoms with Crippen molar-refractivity contribution in [2.45, 2.75) is 25.9 Å². The molecule has 11 heteroatoms. The molecule has 8 nitrogen and oxygen atoms in total. The fourth-order valence-corrected chi connectivity index (χ4v) is 2.32. The van der Waals surface area contributed by atoms with Gasteiger partial charge in [-0.15, -0.1) is 5.10 Å². The minimum atomic E-state index is -4.63. The molecule has 2 aromatic heterocycles. The van der Waals surface area contributed by atoms with Crippen molar-refractivity contribution in [2.24, 2.45) is 11.0 Å². The van der Waals surface area contributed by atoms with E-state index in [-0.39, 0.29) is 17.6 Å². The Morgan fingerprint density at radius 2 is 2.17 bits per heavy atom. The number of carbonyl (C=O) groups is 1. The smallest absolute Gasteiger partial charge is 0.370 e. The van der Waals surface area contributed by atoms with Gasteiger partial charge in [-0.05, 0) is 19.8 Å². The van der Waals surface area contributed by atoms with E-state index in [1.807, 2.05) is 0 Å². The zero-order valence-corrected chi connectivity index (χ0v) is 12.6. The fourth-order valence-electron chi connectivity index (χ4n) is 2.32. The first kappa shape index (κ1) is 16.1. The van der Waals surface area contributed by atoms with Crippen LogP contribution in [0.1, 0.15) is 24.4 Å². The van der Waals surface area contributed by atoms with Gasteiger partial charge in [0, 0.05) is 24.5 Å². The molecule has 0 saturated carbocycles. The molecule has 1 amide bonds. The summed E-state index contributed by atoms with van der Waals surface area (Å²) in [6, 6.07) is 1.59. The second kappa shape index (κ2) is 6.06. The molecule has 0 radical (unpaired) electrons. The number of hydrogen-bond donors (Lipinski definition) is 2. The zero-order chi connectivity index (χ0) is 17.3. The Morgan fingerprint density at radius 3 is 2.83 bits per heavy atom. The van der Waals surface area contributed by atoms with Gasteiger partial charge in [-0.3, -0.25) is 4.79 Å². The number of nitrogens with one attached hydrogen (secondary N) is 2. The van der Waals surface area contributed by atoms with Gasteiger partial charge in [-0.2, -0.15) is 27.8 Å². The van der Waals surface area contributed by atoms with Gasteiger partial charge in [0.05, 0.1) is 5.92 Å². The van der Waals surface area contributed by atoms with E-state index in [1.165, 1.54) is 0 Å². The SMILES string of the molecule is Cc1cc(NCCCC2C=NNC2=O)n2nc(C(F)(F)F)nc2n1. The monoisotopic (exact) mass is 341 g/mol. The normalized spacial score (nSPS) is 17.5. The second-order valence-corrected chi connectivity index (χ2v) is 5.36. The number of amides is 1. The largest absolute Gasteiger partial charge is 0.453 e. The maximum atomic E-state index is 12.7. The van der Waals surface area contributed by atoms with Crippen LogP contribution in [0.2, 0.25) is 0 Å². The van der Waals surface area contributed by atoms with E-state index in [0.717, 1.165) is 4.52 Å². The van der Waals surface area contributed by atoms with E-state index in [2.05, 4.69) is 30.9 Å². The first-order valence-electron chi connectivity index (χ1n) is 7.23. The van der Waals surface area contributed by atoms with E-state index in [9.17, 15) is 18.0 Å². The number of aromatic nitrogens is 4. The first-order chi connectivity index (χ1) is 11.3. The molecule has 1 aliphatic rings. The lowest BCUT2D eigenvalue weighted by molar-refractivity contribution is -0.144. The summed E-state index contributed by atoms with van der Waals surface area (Å²) in [4.78, 5) is 18.7. The lowest BCUT2D eigenvalue weighted by atomic mass is 10.1. The average Bonchev–Trinajstić information content (AvgIpc) is 3.09. The maximum absolute atomic E-state index is 12.7. The molecule has 2 aromatic rings. The van der Waals surface area contributed by atoms with Gasteiger partial charge >= 0.3 is 6.18 Å². The Bertz CT molecular complexity index is 799. The molecule has 2 N–H and O–H groups in total. The van der Waals surface area contributed by atoms with Crippen LogP contribution in [-0.4, -0.2) is 38.2 Å². The van der Waals surface area contributed by atoms with Crippen LogP contribution in [0.4, 0.5) is 19.0 Å². The zero-order valence-electron chi connectivity index (χ0n) is 12.6. The molecule has 0 bridgehead atoms. The number of alkyl halides is 3. The number of anilines is 1. The van der Waals surface area contributed by atoms with Crippen molar-refractivity contribution >= 4 is 23.7 Å². The highest BCUT2D eigenvalue weighted by Gasteiger charge is 2.36. The summed E-state index contributed by atoms with van der Waals surface area (Å²) in [5.41, 5.74) is 2.87. The molecule has 3 heterocycles. The summed E-state index contributed by atoms with van der Waals surface area (Å²) < 4.78 is 39.2. The summed E-state index contributed by atoms with van der Waals surface area (Å²) in [6.07, 6.45) is -1.87. The topological polar surface area (TPSA) is 96.6 Å². The van der Waals surface area contributed by atoms with Crippen molar-refractivity contribution in [3.05, 3.63) is 17.6 Å². The second-order valence-electron chi connectivity index (χ2n) is 5.36. The van der Waals surface area contributed by atoms with E-state index in [0.29, 0.717) is 30.9 Å². The lowest BCUT2D eigenvalue weighted by Crippen LogP contribution is -2.20. The van der Waals surface area contributed by atoms with E-state index < -0.39 is 12.0 Å². The third kappa shape index (κ3) is 3.29. The van der Waals surface area contributed by atoms with Crippen molar-refractivity contribution < 1.29 is 18.0 Å². The number of rotatable bonds is 5. The molecule has 128 valence electrons. The highest BCUT2D eigenvalue weighted by molar-refractivity contribution is 5.97. The Balaban J connectivity index is 1.70. The lowest BCUT2D eigenvalue weighted by Gasteiger charge is -2.09. The first-order valence-corrected chi connectivity index (χ1v) is 7.23. The molecule has 0 fully saturated rings. The van der Waals surface area contributed by atoms with Crippen LogP contribution in [0.25, 0.3) is 5.78 Å². The third-order valence-electron chi connectivity index (χ3n) is 3.46. The number of carbonyl (C=O) groups excluding carboxylic acids is 1. The summed E-state index contributed by atoms with van der Waals surface area (Å²) in [5, 5.41) is 10.2. The van der Waals surface area contributed by atoms with Crippen molar-refractivity contribution in [3.63, 3.8) is 0 Å². The number of hydrogen-bond acceptors (Lipinski definition) is 6. The van der Waals surface area contributed by atoms with Gasteiger partial charge in [0.25, 0.3) is 11.6 Å². The predicted octanol–water partition coefficient (Wildman–Crippen LogP) is 1.38. The number of hydrazone groups is 1. The Morgan fingerprint density at radius 1 is 1.38 bits per heavy atom. The van der Waals surface area contributed by atoms with Gasteiger partial charge in [-0.1, -0.05) is 0 Å². The molecule has 24 heavy (non-hydrogen) atoms. The molecule has 1 atom stereocenters. The van der Waals surface area contributed by atoms with Crippen LogP contribution < -0.4 is 10.7 Å².